The van der Waals surface area contributed by atoms with E-state index in [4.69, 9.17) is 15.2 Å². The van der Waals surface area contributed by atoms with Crippen LogP contribution in [-0.2, 0) is 12.6 Å². The molecule has 0 saturated heterocycles. The molecule has 0 fully saturated rings. The molecule has 0 aliphatic carbocycles. The number of alkyl halides is 3. The predicted molar refractivity (Wildman–Crippen MR) is 145 cm³/mol. The van der Waals surface area contributed by atoms with Gasteiger partial charge in [-0.15, -0.1) is 0 Å². The zero-order valence-electron chi connectivity index (χ0n) is 21.3. The molecule has 4 N–H and O–H groups in total. The van der Waals surface area contributed by atoms with Gasteiger partial charge >= 0.3 is 6.18 Å². The van der Waals surface area contributed by atoms with Crippen LogP contribution in [0, 0.1) is 0 Å². The summed E-state index contributed by atoms with van der Waals surface area (Å²) in [4.78, 5) is 3.27. The van der Waals surface area contributed by atoms with Crippen molar-refractivity contribution < 1.29 is 22.6 Å². The molecule has 1 atom stereocenters. The normalized spacial score (nSPS) is 12.5. The van der Waals surface area contributed by atoms with Crippen molar-refractivity contribution in [3.63, 3.8) is 0 Å². The fraction of sp³-hybridized carbons (Fsp3) is 0.333. The Hall–Kier alpha value is -3.49. The number of ether oxygens (including phenoxy) is 2. The minimum absolute atomic E-state index is 0.267. The summed E-state index contributed by atoms with van der Waals surface area (Å²) < 4.78 is 50.6. The van der Waals surface area contributed by atoms with Crippen LogP contribution in [0.25, 0.3) is 10.9 Å². The molecule has 0 aliphatic rings. The van der Waals surface area contributed by atoms with Crippen LogP contribution in [0.15, 0.2) is 79.0 Å². The Morgan fingerprint density at radius 1 is 0.895 bits per heavy atom. The molecule has 0 amide bonds. The zero-order chi connectivity index (χ0) is 26.8. The van der Waals surface area contributed by atoms with Gasteiger partial charge in [0.2, 0.25) is 0 Å². The van der Waals surface area contributed by atoms with Gasteiger partial charge in [-0.3, -0.25) is 0 Å². The lowest BCUT2D eigenvalue weighted by Crippen LogP contribution is -2.21. The average molecular weight is 526 g/mol. The molecule has 8 heteroatoms. The number of hydrogen-bond donors (Lipinski definition) is 3. The number of nitrogens with one attached hydrogen (secondary N) is 2. The van der Waals surface area contributed by atoms with Gasteiger partial charge in [-0.1, -0.05) is 30.3 Å². The molecule has 3 aromatic carbocycles. The monoisotopic (exact) mass is 525 g/mol. The second-order valence-corrected chi connectivity index (χ2v) is 9.19. The largest absolute Gasteiger partial charge is 0.494 e. The standard InChI is InChI=1S/C30H34F3N3O2/c31-30(32,33)24-8-10-25(11-9-24)38-29(22-6-2-1-3-7-22)15-18-35-17-4-5-19-37-26-12-13-28-27(20-26)23(14-16-34)21-36-28/h1-3,6-13,20-21,29,35-36H,4-5,14-19,34H2. The van der Waals surface area contributed by atoms with E-state index in [0.29, 0.717) is 25.3 Å². The minimum atomic E-state index is -4.36. The molecule has 1 aromatic heterocycles. The van der Waals surface area contributed by atoms with Gasteiger partial charge in [0.1, 0.15) is 17.6 Å². The van der Waals surface area contributed by atoms with Crippen molar-refractivity contribution in [2.24, 2.45) is 5.73 Å². The molecule has 4 aromatic rings. The van der Waals surface area contributed by atoms with Crippen molar-refractivity contribution >= 4 is 10.9 Å². The second-order valence-electron chi connectivity index (χ2n) is 9.19. The van der Waals surface area contributed by atoms with Crippen molar-refractivity contribution in [1.29, 1.82) is 0 Å². The molecule has 202 valence electrons. The lowest BCUT2D eigenvalue weighted by Gasteiger charge is -2.20. The summed E-state index contributed by atoms with van der Waals surface area (Å²) in [6.07, 6.45) is 0.758. The van der Waals surface area contributed by atoms with Crippen molar-refractivity contribution in [3.05, 3.63) is 95.7 Å². The lowest BCUT2D eigenvalue weighted by molar-refractivity contribution is -0.137. The van der Waals surface area contributed by atoms with Gasteiger partial charge in [0.15, 0.2) is 0 Å². The number of unbranched alkanes of at least 4 members (excludes halogenated alkanes) is 1. The quantitative estimate of drug-likeness (QED) is 0.161. The Kier molecular flexibility index (Phi) is 9.67. The molecule has 1 unspecified atom stereocenters. The summed E-state index contributed by atoms with van der Waals surface area (Å²) in [5, 5.41) is 4.59. The highest BCUT2D eigenvalue weighted by Crippen LogP contribution is 2.32. The fourth-order valence-corrected chi connectivity index (χ4v) is 4.36. The van der Waals surface area contributed by atoms with Crippen molar-refractivity contribution in [1.82, 2.24) is 10.3 Å². The number of benzene rings is 3. The van der Waals surface area contributed by atoms with Gasteiger partial charge in [-0.25, -0.2) is 0 Å². The van der Waals surface area contributed by atoms with Gasteiger partial charge in [0.25, 0.3) is 0 Å². The van der Waals surface area contributed by atoms with E-state index in [1.807, 2.05) is 48.7 Å². The number of H-pyrrole nitrogens is 1. The maximum absolute atomic E-state index is 12.9. The van der Waals surface area contributed by atoms with Gasteiger partial charge in [0.05, 0.1) is 12.2 Å². The van der Waals surface area contributed by atoms with Crippen LogP contribution in [0.3, 0.4) is 0 Å². The van der Waals surface area contributed by atoms with E-state index >= 15 is 0 Å². The highest BCUT2D eigenvalue weighted by atomic mass is 19.4. The molecule has 0 bridgehead atoms. The molecule has 38 heavy (non-hydrogen) atoms. The van der Waals surface area contributed by atoms with Gasteiger partial charge in [-0.2, -0.15) is 13.2 Å². The van der Waals surface area contributed by atoms with Crippen LogP contribution >= 0.6 is 0 Å². The second kappa shape index (κ2) is 13.3. The van der Waals surface area contributed by atoms with Crippen LogP contribution < -0.4 is 20.5 Å². The summed E-state index contributed by atoms with van der Waals surface area (Å²) in [6.45, 7) is 2.80. The topological polar surface area (TPSA) is 72.3 Å². The van der Waals surface area contributed by atoms with Crippen LogP contribution in [0.5, 0.6) is 11.5 Å². The Labute approximate surface area is 221 Å². The van der Waals surface area contributed by atoms with E-state index in [-0.39, 0.29) is 6.10 Å². The number of halogens is 3. The van der Waals surface area contributed by atoms with Gasteiger partial charge in [-0.05, 0) is 92.5 Å². The molecule has 1 heterocycles. The SMILES string of the molecule is NCCc1c[nH]c2ccc(OCCCCNCCC(Oc3ccc(C(F)(F)F)cc3)c3ccccc3)cc12. The minimum Gasteiger partial charge on any atom is -0.494 e. The highest BCUT2D eigenvalue weighted by molar-refractivity contribution is 5.84. The summed E-state index contributed by atoms with van der Waals surface area (Å²) >= 11 is 0. The summed E-state index contributed by atoms with van der Waals surface area (Å²) in [6, 6.07) is 20.6. The third kappa shape index (κ3) is 7.76. The summed E-state index contributed by atoms with van der Waals surface area (Å²) in [5.74, 6) is 1.27. The summed E-state index contributed by atoms with van der Waals surface area (Å²) in [7, 11) is 0. The van der Waals surface area contributed by atoms with Crippen molar-refractivity contribution in [2.75, 3.05) is 26.2 Å². The van der Waals surface area contributed by atoms with Gasteiger partial charge < -0.3 is 25.5 Å². The Balaban J connectivity index is 1.19. The zero-order valence-corrected chi connectivity index (χ0v) is 21.3. The molecule has 0 aliphatic heterocycles. The highest BCUT2D eigenvalue weighted by Gasteiger charge is 2.30. The van der Waals surface area contributed by atoms with Crippen LogP contribution in [-0.4, -0.2) is 31.2 Å². The molecule has 0 radical (unpaired) electrons. The molecule has 0 saturated carbocycles. The van der Waals surface area contributed by atoms with E-state index in [2.05, 4.69) is 16.4 Å². The Morgan fingerprint density at radius 3 is 2.39 bits per heavy atom. The summed E-state index contributed by atoms with van der Waals surface area (Å²) in [5.41, 5.74) is 8.29. The van der Waals surface area contributed by atoms with Crippen molar-refractivity contribution in [2.45, 2.75) is 38.0 Å². The number of nitrogens with two attached hydrogens (primary N) is 1. The predicted octanol–water partition coefficient (Wildman–Crippen LogP) is 6.65. The number of aromatic nitrogens is 1. The van der Waals surface area contributed by atoms with E-state index in [1.165, 1.54) is 17.7 Å². The Bertz CT molecular complexity index is 1260. The van der Waals surface area contributed by atoms with Gasteiger partial charge in [0, 0.05) is 23.5 Å². The third-order valence-corrected chi connectivity index (χ3v) is 6.38. The lowest BCUT2D eigenvalue weighted by atomic mass is 10.1. The molecular weight excluding hydrogens is 491 g/mol. The maximum Gasteiger partial charge on any atom is 0.416 e. The first kappa shape index (κ1) is 27.5. The van der Waals surface area contributed by atoms with E-state index < -0.39 is 11.7 Å². The van der Waals surface area contributed by atoms with Crippen LogP contribution in [0.4, 0.5) is 13.2 Å². The average Bonchev–Trinajstić information content (AvgIpc) is 3.32. The van der Waals surface area contributed by atoms with E-state index in [0.717, 1.165) is 66.7 Å². The van der Waals surface area contributed by atoms with E-state index in [1.54, 1.807) is 0 Å². The molecule has 5 nitrogen and oxygen atoms in total. The first-order chi connectivity index (χ1) is 18.4. The fourth-order valence-electron chi connectivity index (χ4n) is 4.36. The number of aromatic amines is 1. The maximum atomic E-state index is 12.9. The molecule has 0 spiro atoms. The van der Waals surface area contributed by atoms with Crippen molar-refractivity contribution in [3.8, 4) is 11.5 Å². The smallest absolute Gasteiger partial charge is 0.416 e. The molecular formula is C30H34F3N3O2. The Morgan fingerprint density at radius 2 is 1.66 bits per heavy atom. The third-order valence-electron chi connectivity index (χ3n) is 6.38. The number of hydrogen-bond acceptors (Lipinski definition) is 4. The first-order valence-corrected chi connectivity index (χ1v) is 13.0. The van der Waals surface area contributed by atoms with E-state index in [9.17, 15) is 13.2 Å². The first-order valence-electron chi connectivity index (χ1n) is 13.0. The van der Waals surface area contributed by atoms with Crippen LogP contribution in [0.1, 0.15) is 42.1 Å². The number of fused-ring (bicyclic) bond motifs is 1. The van der Waals surface area contributed by atoms with Crippen LogP contribution in [0.2, 0.25) is 0 Å². The molecule has 4 rings (SSSR count). The number of rotatable bonds is 14.